The molecule has 0 aliphatic carbocycles. The van der Waals surface area contributed by atoms with Crippen molar-refractivity contribution in [1.82, 2.24) is 34.3 Å². The van der Waals surface area contributed by atoms with Gasteiger partial charge in [-0.15, -0.1) is 5.10 Å². The van der Waals surface area contributed by atoms with Gasteiger partial charge >= 0.3 is 0 Å². The number of nitriles is 2. The van der Waals surface area contributed by atoms with Crippen molar-refractivity contribution in [1.29, 1.82) is 10.5 Å². The van der Waals surface area contributed by atoms with Crippen molar-refractivity contribution < 1.29 is 9.13 Å². The normalized spacial score (nSPS) is 15.1. The van der Waals surface area contributed by atoms with E-state index < -0.39 is 11.9 Å². The lowest BCUT2D eigenvalue weighted by molar-refractivity contribution is 0.209. The molecule has 0 radical (unpaired) electrons. The summed E-state index contributed by atoms with van der Waals surface area (Å²) in [5.74, 6) is -0.0370. The number of imidazole rings is 1. The maximum absolute atomic E-state index is 13.3. The van der Waals surface area contributed by atoms with Crippen molar-refractivity contribution in [3.63, 3.8) is 0 Å². The van der Waals surface area contributed by atoms with E-state index in [-0.39, 0.29) is 6.04 Å². The number of pyridine rings is 2. The maximum Gasteiger partial charge on any atom is 0.201 e. The lowest BCUT2D eigenvalue weighted by atomic mass is 10.0. The van der Waals surface area contributed by atoms with Gasteiger partial charge in [0.05, 0.1) is 29.8 Å². The van der Waals surface area contributed by atoms with Gasteiger partial charge in [0, 0.05) is 24.7 Å². The van der Waals surface area contributed by atoms with E-state index in [4.69, 9.17) is 10.00 Å². The highest BCUT2D eigenvalue weighted by atomic mass is 19.1. The van der Waals surface area contributed by atoms with E-state index in [1.165, 1.54) is 12.3 Å². The van der Waals surface area contributed by atoms with Crippen LogP contribution in [0.25, 0.3) is 16.9 Å². The number of piperidine rings is 1. The first-order valence-corrected chi connectivity index (χ1v) is 11.2. The molecule has 1 fully saturated rings. The summed E-state index contributed by atoms with van der Waals surface area (Å²) in [4.78, 5) is 10.2. The minimum atomic E-state index is -0.509. The van der Waals surface area contributed by atoms with Gasteiger partial charge in [-0.3, -0.25) is 9.38 Å². The van der Waals surface area contributed by atoms with Gasteiger partial charge in [0.2, 0.25) is 5.88 Å². The van der Waals surface area contributed by atoms with Crippen LogP contribution in [-0.2, 0) is 0 Å². The highest BCUT2D eigenvalue weighted by Crippen LogP contribution is 2.32. The summed E-state index contributed by atoms with van der Waals surface area (Å²) in [5, 5.41) is 27.5. The maximum atomic E-state index is 13.3. The summed E-state index contributed by atoms with van der Waals surface area (Å²) in [6.45, 7) is 5.16. The second kappa shape index (κ2) is 9.03. The Hall–Kier alpha value is -4.51. The Balaban J connectivity index is 1.51. The predicted octanol–water partition coefficient (Wildman–Crippen LogP) is 3.56. The van der Waals surface area contributed by atoms with E-state index in [9.17, 15) is 9.65 Å². The van der Waals surface area contributed by atoms with Crippen LogP contribution in [0.5, 0.6) is 5.88 Å². The average molecular weight is 472 g/mol. The molecule has 4 aromatic heterocycles. The summed E-state index contributed by atoms with van der Waals surface area (Å²) in [7, 11) is 0. The Morgan fingerprint density at radius 2 is 1.94 bits per heavy atom. The molecular formula is C24H22FN9O. The monoisotopic (exact) mass is 471 g/mol. The fourth-order valence-corrected chi connectivity index (χ4v) is 4.41. The Kier molecular flexibility index (Phi) is 5.75. The molecule has 5 heterocycles. The van der Waals surface area contributed by atoms with Crippen LogP contribution in [0.2, 0.25) is 0 Å². The van der Waals surface area contributed by atoms with Gasteiger partial charge in [-0.2, -0.15) is 10.5 Å². The number of hydrogen-bond donors (Lipinski definition) is 0. The highest BCUT2D eigenvalue weighted by molar-refractivity contribution is 5.68. The predicted molar refractivity (Wildman–Crippen MR) is 122 cm³/mol. The third-order valence-corrected chi connectivity index (χ3v) is 6.30. The molecule has 1 saturated heterocycles. The van der Waals surface area contributed by atoms with Gasteiger partial charge in [0.25, 0.3) is 0 Å². The van der Waals surface area contributed by atoms with Crippen LogP contribution < -0.4 is 4.74 Å². The van der Waals surface area contributed by atoms with Crippen molar-refractivity contribution >= 4 is 5.65 Å². The molecule has 35 heavy (non-hydrogen) atoms. The Bertz CT molecular complexity index is 1450. The van der Waals surface area contributed by atoms with Crippen LogP contribution in [0, 0.1) is 35.5 Å². The first kappa shape index (κ1) is 22.3. The van der Waals surface area contributed by atoms with Crippen LogP contribution in [0.4, 0.5) is 4.39 Å². The van der Waals surface area contributed by atoms with E-state index in [0.29, 0.717) is 41.7 Å². The second-order valence-electron chi connectivity index (χ2n) is 8.48. The topological polar surface area (TPSA) is 121 Å². The number of hydrogen-bond acceptors (Lipinski definition) is 8. The summed E-state index contributed by atoms with van der Waals surface area (Å²) in [6.07, 6.45) is 5.95. The third kappa shape index (κ3) is 4.13. The number of fused-ring (bicyclic) bond motifs is 1. The molecule has 1 atom stereocenters. The third-order valence-electron chi connectivity index (χ3n) is 6.30. The summed E-state index contributed by atoms with van der Waals surface area (Å²) in [6, 6.07) is 8.83. The SMILES string of the molecule is Cc1c(-c2cc(O[C@H](C)c3ccc(F)cn3)n3c(C#N)cnc3c2)nnn1C1CCN(C#N)CC1. The van der Waals surface area contributed by atoms with Gasteiger partial charge in [-0.1, -0.05) is 5.21 Å². The first-order valence-electron chi connectivity index (χ1n) is 11.2. The largest absolute Gasteiger partial charge is 0.469 e. The van der Waals surface area contributed by atoms with Crippen LogP contribution in [0.3, 0.4) is 0 Å². The lowest BCUT2D eigenvalue weighted by Crippen LogP contribution is -2.31. The molecule has 176 valence electrons. The minimum Gasteiger partial charge on any atom is -0.469 e. The Labute approximate surface area is 200 Å². The minimum absolute atomic E-state index is 0.168. The van der Waals surface area contributed by atoms with Gasteiger partial charge in [-0.05, 0) is 44.9 Å². The van der Waals surface area contributed by atoms with Gasteiger partial charge in [-0.25, -0.2) is 14.1 Å². The molecule has 11 heteroatoms. The van der Waals surface area contributed by atoms with Crippen molar-refractivity contribution in [3.05, 3.63) is 59.6 Å². The van der Waals surface area contributed by atoms with Gasteiger partial charge in [0.1, 0.15) is 35.0 Å². The molecule has 1 aliphatic rings. The zero-order valence-corrected chi connectivity index (χ0v) is 19.3. The Morgan fingerprint density at radius 3 is 2.63 bits per heavy atom. The number of ether oxygens (including phenoxy) is 1. The molecule has 5 rings (SSSR count). The molecule has 0 amide bonds. The van der Waals surface area contributed by atoms with Crippen LogP contribution in [0.15, 0.2) is 36.7 Å². The van der Waals surface area contributed by atoms with Crippen LogP contribution >= 0.6 is 0 Å². The smallest absolute Gasteiger partial charge is 0.201 e. The van der Waals surface area contributed by atoms with Crippen molar-refractivity contribution in [2.75, 3.05) is 13.1 Å². The molecule has 0 unspecified atom stereocenters. The van der Waals surface area contributed by atoms with Crippen molar-refractivity contribution in [3.8, 4) is 29.4 Å². The molecule has 0 N–H and O–H groups in total. The van der Waals surface area contributed by atoms with E-state index >= 15 is 0 Å². The molecular weight excluding hydrogens is 449 g/mol. The quantitative estimate of drug-likeness (QED) is 0.405. The fourth-order valence-electron chi connectivity index (χ4n) is 4.41. The van der Waals surface area contributed by atoms with Crippen LogP contribution in [-0.4, -0.2) is 47.4 Å². The standard InChI is InChI=1S/C24H22FN9O/c1-15-24(30-31-34(15)19-5-7-32(14-27)8-6-19)17-9-22-29-13-20(11-26)33(22)23(10-17)35-16(2)21-4-3-18(25)12-28-21/h3-4,9-10,12-13,16,19H,5-8H2,1-2H3/t16-/m1/s1. The first-order chi connectivity index (χ1) is 17.0. The molecule has 1 aliphatic heterocycles. The molecule has 0 saturated carbocycles. The van der Waals surface area contributed by atoms with E-state index in [0.717, 1.165) is 30.3 Å². The number of nitrogens with zero attached hydrogens (tertiary/aromatic N) is 9. The molecule has 0 spiro atoms. The number of rotatable bonds is 5. The molecule has 0 aromatic carbocycles. The van der Waals surface area contributed by atoms with Gasteiger partial charge < -0.3 is 9.64 Å². The van der Waals surface area contributed by atoms with Gasteiger partial charge in [0.15, 0.2) is 6.19 Å². The van der Waals surface area contributed by atoms with E-state index in [2.05, 4.69) is 32.5 Å². The zero-order valence-electron chi connectivity index (χ0n) is 19.3. The average Bonchev–Trinajstić information content (AvgIpc) is 3.47. The van der Waals surface area contributed by atoms with Crippen molar-refractivity contribution in [2.45, 2.75) is 38.8 Å². The second-order valence-corrected chi connectivity index (χ2v) is 8.48. The Morgan fingerprint density at radius 1 is 1.14 bits per heavy atom. The summed E-state index contributed by atoms with van der Waals surface area (Å²) >= 11 is 0. The van der Waals surface area contributed by atoms with Crippen molar-refractivity contribution in [2.24, 2.45) is 0 Å². The molecule has 4 aromatic rings. The molecule has 0 bridgehead atoms. The lowest BCUT2D eigenvalue weighted by Gasteiger charge is -2.28. The van der Waals surface area contributed by atoms with E-state index in [1.54, 1.807) is 28.4 Å². The number of halogens is 1. The summed E-state index contributed by atoms with van der Waals surface area (Å²) in [5.41, 5.74) is 3.75. The highest BCUT2D eigenvalue weighted by Gasteiger charge is 2.25. The summed E-state index contributed by atoms with van der Waals surface area (Å²) < 4.78 is 23.1. The van der Waals surface area contributed by atoms with Crippen LogP contribution in [0.1, 0.15) is 49.0 Å². The number of likely N-dealkylation sites (tertiary alicyclic amines) is 1. The number of aromatic nitrogens is 6. The fraction of sp³-hybridized carbons (Fsp3) is 0.333. The van der Waals surface area contributed by atoms with E-state index in [1.807, 2.05) is 17.7 Å². The molecule has 10 nitrogen and oxygen atoms in total. The zero-order chi connectivity index (χ0) is 24.5.